The van der Waals surface area contributed by atoms with Gasteiger partial charge in [-0.3, -0.25) is 9.59 Å². The van der Waals surface area contributed by atoms with E-state index < -0.39 is 0 Å². The number of carbonyl (C=O) groups is 1. The molecule has 134 valence electrons. The van der Waals surface area contributed by atoms with Crippen LogP contribution in [-0.2, 0) is 6.54 Å². The number of hydrogen-bond acceptors (Lipinski definition) is 4. The van der Waals surface area contributed by atoms with Gasteiger partial charge in [0.05, 0.1) is 5.69 Å². The molecule has 7 heteroatoms. The Morgan fingerprint density at radius 1 is 1.19 bits per heavy atom. The fourth-order valence-corrected chi connectivity index (χ4v) is 2.59. The van der Waals surface area contributed by atoms with E-state index >= 15 is 0 Å². The highest BCUT2D eigenvalue weighted by molar-refractivity contribution is 6.02. The minimum atomic E-state index is -0.357. The molecule has 26 heavy (non-hydrogen) atoms. The van der Waals surface area contributed by atoms with Gasteiger partial charge in [0.25, 0.3) is 11.5 Å². The molecule has 0 saturated carbocycles. The van der Waals surface area contributed by atoms with Gasteiger partial charge in [0.2, 0.25) is 0 Å². The van der Waals surface area contributed by atoms with Crippen molar-refractivity contribution in [3.05, 3.63) is 70.4 Å². The van der Waals surface area contributed by atoms with Crippen LogP contribution >= 0.6 is 0 Å². The lowest BCUT2D eigenvalue weighted by molar-refractivity contribution is 0.101. The number of carbonyl (C=O) groups excluding carboxylic acids is 1. The standard InChI is InChI=1S/C19H21N5O2/c1-3-4-12-23-18(25)9-8-17(22-23)19(26)21-15-6-5-7-16(13-15)24-14(2)10-11-20-24/h5-11,13H,3-4,12H2,1-2H3,(H,21,26). The van der Waals surface area contributed by atoms with Gasteiger partial charge in [0.1, 0.15) is 5.69 Å². The van der Waals surface area contributed by atoms with Crippen molar-refractivity contribution in [2.45, 2.75) is 33.2 Å². The summed E-state index contributed by atoms with van der Waals surface area (Å²) in [4.78, 5) is 24.3. The summed E-state index contributed by atoms with van der Waals surface area (Å²) in [6.45, 7) is 4.50. The van der Waals surface area contributed by atoms with Gasteiger partial charge in [0, 0.05) is 30.2 Å². The van der Waals surface area contributed by atoms with Crippen molar-refractivity contribution in [3.63, 3.8) is 0 Å². The molecular weight excluding hydrogens is 330 g/mol. The number of benzene rings is 1. The molecule has 2 aromatic heterocycles. The van der Waals surface area contributed by atoms with E-state index in [1.807, 2.05) is 38.1 Å². The Bertz CT molecular complexity index is 974. The number of aryl methyl sites for hydroxylation is 2. The monoisotopic (exact) mass is 351 g/mol. The second-order valence-corrected chi connectivity index (χ2v) is 6.02. The van der Waals surface area contributed by atoms with E-state index in [-0.39, 0.29) is 17.2 Å². The van der Waals surface area contributed by atoms with Crippen molar-refractivity contribution in [2.24, 2.45) is 0 Å². The highest BCUT2D eigenvalue weighted by atomic mass is 16.2. The Morgan fingerprint density at radius 3 is 2.77 bits per heavy atom. The molecule has 0 unspecified atom stereocenters. The number of nitrogens with zero attached hydrogens (tertiary/aromatic N) is 4. The van der Waals surface area contributed by atoms with Crippen molar-refractivity contribution in [3.8, 4) is 5.69 Å². The van der Waals surface area contributed by atoms with Gasteiger partial charge in [-0.2, -0.15) is 10.2 Å². The minimum Gasteiger partial charge on any atom is -0.321 e. The summed E-state index contributed by atoms with van der Waals surface area (Å²) in [6.07, 6.45) is 3.51. The van der Waals surface area contributed by atoms with E-state index in [0.717, 1.165) is 24.2 Å². The zero-order valence-electron chi connectivity index (χ0n) is 14.8. The van der Waals surface area contributed by atoms with Crippen LogP contribution in [0.15, 0.2) is 53.5 Å². The molecule has 1 N–H and O–H groups in total. The first-order valence-electron chi connectivity index (χ1n) is 8.59. The lowest BCUT2D eigenvalue weighted by Gasteiger charge is -2.09. The Hall–Kier alpha value is -3.22. The summed E-state index contributed by atoms with van der Waals surface area (Å²) in [5.41, 5.74) is 2.49. The molecule has 0 aliphatic heterocycles. The average Bonchev–Trinajstić information content (AvgIpc) is 3.07. The van der Waals surface area contributed by atoms with Crippen LogP contribution in [0.5, 0.6) is 0 Å². The molecule has 1 amide bonds. The fourth-order valence-electron chi connectivity index (χ4n) is 2.59. The van der Waals surface area contributed by atoms with Crippen LogP contribution in [0.2, 0.25) is 0 Å². The van der Waals surface area contributed by atoms with Crippen LogP contribution in [0.1, 0.15) is 35.9 Å². The van der Waals surface area contributed by atoms with E-state index in [1.54, 1.807) is 16.9 Å². The number of nitrogens with one attached hydrogen (secondary N) is 1. The molecule has 1 aromatic carbocycles. The van der Waals surface area contributed by atoms with Gasteiger partial charge in [0.15, 0.2) is 0 Å². The lowest BCUT2D eigenvalue weighted by atomic mass is 10.2. The minimum absolute atomic E-state index is 0.203. The normalized spacial score (nSPS) is 10.7. The van der Waals surface area contributed by atoms with E-state index in [9.17, 15) is 9.59 Å². The first-order chi connectivity index (χ1) is 12.6. The first-order valence-corrected chi connectivity index (χ1v) is 8.59. The number of rotatable bonds is 6. The molecule has 0 atom stereocenters. The third-order valence-electron chi connectivity index (χ3n) is 4.00. The molecular formula is C19H21N5O2. The topological polar surface area (TPSA) is 81.8 Å². The van der Waals surface area contributed by atoms with Crippen LogP contribution < -0.4 is 10.9 Å². The number of anilines is 1. The molecule has 0 aliphatic carbocycles. The highest BCUT2D eigenvalue weighted by Gasteiger charge is 2.11. The lowest BCUT2D eigenvalue weighted by Crippen LogP contribution is -2.26. The van der Waals surface area contributed by atoms with Gasteiger partial charge >= 0.3 is 0 Å². The molecule has 0 fully saturated rings. The summed E-state index contributed by atoms with van der Waals surface area (Å²) in [6, 6.07) is 12.1. The quantitative estimate of drug-likeness (QED) is 0.740. The predicted octanol–water partition coefficient (Wildman–Crippen LogP) is 2.79. The zero-order valence-corrected chi connectivity index (χ0v) is 14.8. The maximum Gasteiger partial charge on any atom is 0.276 e. The Labute approximate surface area is 151 Å². The van der Waals surface area contributed by atoms with Crippen molar-refractivity contribution in [2.75, 3.05) is 5.32 Å². The van der Waals surface area contributed by atoms with Gasteiger partial charge in [-0.25, -0.2) is 9.36 Å². The van der Waals surface area contributed by atoms with Crippen molar-refractivity contribution in [1.82, 2.24) is 19.6 Å². The number of hydrogen-bond donors (Lipinski definition) is 1. The largest absolute Gasteiger partial charge is 0.321 e. The van der Waals surface area contributed by atoms with Gasteiger partial charge in [-0.15, -0.1) is 0 Å². The van der Waals surface area contributed by atoms with Crippen LogP contribution in [0, 0.1) is 6.92 Å². The Kier molecular flexibility index (Phi) is 5.26. The molecule has 0 bridgehead atoms. The van der Waals surface area contributed by atoms with Gasteiger partial charge in [-0.1, -0.05) is 19.4 Å². The number of unbranched alkanes of at least 4 members (excludes halogenated alkanes) is 1. The van der Waals surface area contributed by atoms with E-state index in [0.29, 0.717) is 12.2 Å². The zero-order chi connectivity index (χ0) is 18.5. The summed E-state index contributed by atoms with van der Waals surface area (Å²) in [7, 11) is 0. The summed E-state index contributed by atoms with van der Waals surface area (Å²) < 4.78 is 3.13. The summed E-state index contributed by atoms with van der Waals surface area (Å²) in [5, 5.41) is 11.3. The van der Waals surface area contributed by atoms with Gasteiger partial charge in [-0.05, 0) is 43.7 Å². The molecule has 2 heterocycles. The Morgan fingerprint density at radius 2 is 2.04 bits per heavy atom. The maximum atomic E-state index is 12.5. The highest BCUT2D eigenvalue weighted by Crippen LogP contribution is 2.16. The first kappa shape index (κ1) is 17.6. The van der Waals surface area contributed by atoms with Crippen molar-refractivity contribution < 1.29 is 4.79 Å². The molecule has 3 aromatic rings. The van der Waals surface area contributed by atoms with Gasteiger partial charge < -0.3 is 5.32 Å². The summed E-state index contributed by atoms with van der Waals surface area (Å²) in [5.74, 6) is -0.357. The predicted molar refractivity (Wildman–Crippen MR) is 99.7 cm³/mol. The average molecular weight is 351 g/mol. The fraction of sp³-hybridized carbons (Fsp3) is 0.263. The molecule has 0 aliphatic rings. The van der Waals surface area contributed by atoms with Crippen LogP contribution in [0.3, 0.4) is 0 Å². The molecule has 3 rings (SSSR count). The molecule has 0 saturated heterocycles. The maximum absolute atomic E-state index is 12.5. The SMILES string of the molecule is CCCCn1nc(C(=O)Nc2cccc(-n3nccc3C)c2)ccc1=O. The van der Waals surface area contributed by atoms with E-state index in [1.165, 1.54) is 16.8 Å². The number of aromatic nitrogens is 4. The third-order valence-corrected chi connectivity index (χ3v) is 4.00. The second-order valence-electron chi connectivity index (χ2n) is 6.02. The van der Waals surface area contributed by atoms with Crippen molar-refractivity contribution in [1.29, 1.82) is 0 Å². The molecule has 0 radical (unpaired) electrons. The summed E-state index contributed by atoms with van der Waals surface area (Å²) >= 11 is 0. The number of amides is 1. The Balaban J connectivity index is 1.80. The smallest absolute Gasteiger partial charge is 0.276 e. The second kappa shape index (κ2) is 7.77. The van der Waals surface area contributed by atoms with Crippen molar-refractivity contribution >= 4 is 11.6 Å². The van der Waals surface area contributed by atoms with E-state index in [4.69, 9.17) is 0 Å². The molecule has 0 spiro atoms. The van der Waals surface area contributed by atoms with Crippen LogP contribution in [0.25, 0.3) is 5.69 Å². The molecule has 7 nitrogen and oxygen atoms in total. The van der Waals surface area contributed by atoms with Crippen LogP contribution in [-0.4, -0.2) is 25.5 Å². The third kappa shape index (κ3) is 3.88. The van der Waals surface area contributed by atoms with Crippen LogP contribution in [0.4, 0.5) is 5.69 Å². The van der Waals surface area contributed by atoms with E-state index in [2.05, 4.69) is 15.5 Å².